The molecule has 2 fully saturated rings. The lowest BCUT2D eigenvalue weighted by Crippen LogP contribution is -2.57. The molecule has 0 aliphatic carbocycles. The van der Waals surface area contributed by atoms with Crippen molar-refractivity contribution in [3.8, 4) is 0 Å². The van der Waals surface area contributed by atoms with E-state index in [2.05, 4.69) is 24.1 Å². The second-order valence-corrected chi connectivity index (χ2v) is 7.94. The zero-order valence-corrected chi connectivity index (χ0v) is 11.7. The molecule has 2 heterocycles. The Morgan fingerprint density at radius 2 is 2.12 bits per heavy atom. The molecule has 2 aliphatic rings. The van der Waals surface area contributed by atoms with Crippen molar-refractivity contribution in [3.63, 3.8) is 0 Å². The highest BCUT2D eigenvalue weighted by Gasteiger charge is 2.32. The molecule has 0 aromatic heterocycles. The standard InChI is InChI=1S/C12H24N2O2S/c1-10(2)12-8-14(6-5-13-12)11-4-3-7-17(15,16)9-11/h10-13H,3-9H2,1-2H3. The largest absolute Gasteiger partial charge is 0.311 e. The number of rotatable bonds is 2. The average Bonchev–Trinajstić information content (AvgIpc) is 2.28. The van der Waals surface area contributed by atoms with Crippen LogP contribution < -0.4 is 5.32 Å². The van der Waals surface area contributed by atoms with Gasteiger partial charge >= 0.3 is 0 Å². The Bertz CT molecular complexity index is 354. The lowest BCUT2D eigenvalue weighted by atomic mass is 10.00. The van der Waals surface area contributed by atoms with Crippen molar-refractivity contribution < 1.29 is 8.42 Å². The normalized spacial score (nSPS) is 35.0. The van der Waals surface area contributed by atoms with Gasteiger partial charge in [0.05, 0.1) is 11.5 Å². The van der Waals surface area contributed by atoms with Gasteiger partial charge in [-0.2, -0.15) is 0 Å². The fourth-order valence-electron chi connectivity index (χ4n) is 2.87. The second-order valence-electron chi connectivity index (χ2n) is 5.71. The molecule has 0 aromatic rings. The van der Waals surface area contributed by atoms with E-state index >= 15 is 0 Å². The van der Waals surface area contributed by atoms with Crippen LogP contribution in [0.5, 0.6) is 0 Å². The van der Waals surface area contributed by atoms with Crippen LogP contribution in [0.4, 0.5) is 0 Å². The molecule has 2 atom stereocenters. The van der Waals surface area contributed by atoms with E-state index in [1.807, 2.05) is 0 Å². The van der Waals surface area contributed by atoms with E-state index in [0.717, 1.165) is 32.5 Å². The first-order valence-corrected chi connectivity index (χ1v) is 8.48. The lowest BCUT2D eigenvalue weighted by molar-refractivity contribution is 0.128. The summed E-state index contributed by atoms with van der Waals surface area (Å²) in [5, 5.41) is 3.52. The molecule has 5 heteroatoms. The minimum absolute atomic E-state index is 0.261. The maximum atomic E-state index is 11.7. The van der Waals surface area contributed by atoms with E-state index in [4.69, 9.17) is 0 Å². The van der Waals surface area contributed by atoms with Crippen LogP contribution in [0.2, 0.25) is 0 Å². The van der Waals surface area contributed by atoms with Gasteiger partial charge in [-0.3, -0.25) is 4.90 Å². The average molecular weight is 260 g/mol. The quantitative estimate of drug-likeness (QED) is 0.785. The van der Waals surface area contributed by atoms with E-state index in [0.29, 0.717) is 23.5 Å². The lowest BCUT2D eigenvalue weighted by Gasteiger charge is -2.41. The smallest absolute Gasteiger partial charge is 0.151 e. The zero-order chi connectivity index (χ0) is 12.5. The molecule has 100 valence electrons. The maximum absolute atomic E-state index is 11.7. The number of sulfone groups is 1. The first kappa shape index (κ1) is 13.3. The highest BCUT2D eigenvalue weighted by molar-refractivity contribution is 7.91. The van der Waals surface area contributed by atoms with Crippen LogP contribution >= 0.6 is 0 Å². The number of nitrogens with zero attached hydrogens (tertiary/aromatic N) is 1. The molecule has 2 aliphatic heterocycles. The predicted molar refractivity (Wildman–Crippen MR) is 69.9 cm³/mol. The fraction of sp³-hybridized carbons (Fsp3) is 1.00. The molecule has 0 amide bonds. The Hall–Kier alpha value is -0.130. The minimum atomic E-state index is -2.78. The zero-order valence-electron chi connectivity index (χ0n) is 10.9. The van der Waals surface area contributed by atoms with Crippen molar-refractivity contribution in [1.29, 1.82) is 0 Å². The van der Waals surface area contributed by atoms with Crippen molar-refractivity contribution in [2.75, 3.05) is 31.1 Å². The molecule has 2 saturated heterocycles. The van der Waals surface area contributed by atoms with Gasteiger partial charge in [-0.15, -0.1) is 0 Å². The molecule has 1 N–H and O–H groups in total. The highest BCUT2D eigenvalue weighted by atomic mass is 32.2. The summed E-state index contributed by atoms with van der Waals surface area (Å²) in [5.74, 6) is 1.37. The topological polar surface area (TPSA) is 49.4 Å². The Balaban J connectivity index is 1.97. The summed E-state index contributed by atoms with van der Waals surface area (Å²) in [5.41, 5.74) is 0. The van der Waals surface area contributed by atoms with Gasteiger partial charge in [0, 0.05) is 31.7 Å². The van der Waals surface area contributed by atoms with E-state index in [-0.39, 0.29) is 6.04 Å². The Morgan fingerprint density at radius 3 is 2.76 bits per heavy atom. The Labute approximate surface area is 105 Å². The van der Waals surface area contributed by atoms with Crippen LogP contribution in [0.25, 0.3) is 0 Å². The van der Waals surface area contributed by atoms with Crippen LogP contribution in [0.3, 0.4) is 0 Å². The molecular formula is C12H24N2O2S. The monoisotopic (exact) mass is 260 g/mol. The number of nitrogens with one attached hydrogen (secondary N) is 1. The van der Waals surface area contributed by atoms with E-state index in [1.54, 1.807) is 0 Å². The molecule has 2 unspecified atom stereocenters. The third-order valence-electron chi connectivity index (χ3n) is 4.00. The van der Waals surface area contributed by atoms with E-state index in [1.165, 1.54) is 0 Å². The molecular weight excluding hydrogens is 236 g/mol. The number of hydrogen-bond donors (Lipinski definition) is 1. The van der Waals surface area contributed by atoms with Gasteiger partial charge in [-0.1, -0.05) is 13.8 Å². The van der Waals surface area contributed by atoms with Gasteiger partial charge < -0.3 is 5.32 Å². The SMILES string of the molecule is CC(C)C1CN(C2CCCS(=O)(=O)C2)CCN1. The van der Waals surface area contributed by atoms with Crippen LogP contribution in [0.1, 0.15) is 26.7 Å². The van der Waals surface area contributed by atoms with Crippen LogP contribution in [0.15, 0.2) is 0 Å². The van der Waals surface area contributed by atoms with Crippen molar-refractivity contribution in [1.82, 2.24) is 10.2 Å². The molecule has 4 nitrogen and oxygen atoms in total. The van der Waals surface area contributed by atoms with Crippen molar-refractivity contribution in [3.05, 3.63) is 0 Å². The van der Waals surface area contributed by atoms with E-state index in [9.17, 15) is 8.42 Å². The summed E-state index contributed by atoms with van der Waals surface area (Å²) in [4.78, 5) is 2.39. The Kier molecular flexibility index (Phi) is 4.10. The van der Waals surface area contributed by atoms with Gasteiger partial charge in [0.15, 0.2) is 9.84 Å². The van der Waals surface area contributed by atoms with Crippen LogP contribution in [-0.4, -0.2) is 56.5 Å². The first-order chi connectivity index (χ1) is 7.98. The van der Waals surface area contributed by atoms with Gasteiger partial charge in [-0.05, 0) is 18.8 Å². The molecule has 17 heavy (non-hydrogen) atoms. The van der Waals surface area contributed by atoms with Crippen LogP contribution in [-0.2, 0) is 9.84 Å². The van der Waals surface area contributed by atoms with Crippen molar-refractivity contribution in [2.24, 2.45) is 5.92 Å². The number of hydrogen-bond acceptors (Lipinski definition) is 4. The summed E-state index contributed by atoms with van der Waals surface area (Å²) in [6.07, 6.45) is 1.88. The molecule has 0 saturated carbocycles. The summed E-state index contributed by atoms with van der Waals surface area (Å²) >= 11 is 0. The molecule has 0 spiro atoms. The van der Waals surface area contributed by atoms with Crippen molar-refractivity contribution >= 4 is 9.84 Å². The molecule has 2 rings (SSSR count). The highest BCUT2D eigenvalue weighted by Crippen LogP contribution is 2.20. The van der Waals surface area contributed by atoms with E-state index < -0.39 is 9.84 Å². The number of piperazine rings is 1. The molecule has 0 radical (unpaired) electrons. The maximum Gasteiger partial charge on any atom is 0.151 e. The van der Waals surface area contributed by atoms with Crippen LogP contribution in [0, 0.1) is 5.92 Å². The van der Waals surface area contributed by atoms with Crippen molar-refractivity contribution in [2.45, 2.75) is 38.8 Å². The third-order valence-corrected chi connectivity index (χ3v) is 5.80. The summed E-state index contributed by atoms with van der Waals surface area (Å²) in [6.45, 7) is 7.41. The summed E-state index contributed by atoms with van der Waals surface area (Å²) in [6, 6.07) is 0.769. The van der Waals surface area contributed by atoms with Gasteiger partial charge in [-0.25, -0.2) is 8.42 Å². The second kappa shape index (κ2) is 5.24. The van der Waals surface area contributed by atoms with Gasteiger partial charge in [0.1, 0.15) is 0 Å². The fourth-order valence-corrected chi connectivity index (χ4v) is 4.60. The summed E-state index contributed by atoms with van der Waals surface area (Å²) < 4.78 is 23.4. The third kappa shape index (κ3) is 3.42. The summed E-state index contributed by atoms with van der Waals surface area (Å²) in [7, 11) is -2.78. The first-order valence-electron chi connectivity index (χ1n) is 6.66. The predicted octanol–water partition coefficient (Wildman–Crippen LogP) is 0.493. The molecule has 0 aromatic carbocycles. The molecule has 0 bridgehead atoms. The minimum Gasteiger partial charge on any atom is -0.311 e. The van der Waals surface area contributed by atoms with Gasteiger partial charge in [0.25, 0.3) is 0 Å². The Morgan fingerprint density at radius 1 is 1.35 bits per heavy atom. The van der Waals surface area contributed by atoms with Gasteiger partial charge in [0.2, 0.25) is 0 Å².